The lowest BCUT2D eigenvalue weighted by Crippen LogP contribution is -1.96. The van der Waals surface area contributed by atoms with Crippen molar-refractivity contribution in [1.82, 2.24) is 9.97 Å². The van der Waals surface area contributed by atoms with E-state index in [0.29, 0.717) is 16.9 Å². The highest BCUT2D eigenvalue weighted by atomic mass is 32.2. The Balaban J connectivity index is 2.34. The molecule has 0 atom stereocenters. The average Bonchev–Trinajstić information content (AvgIpc) is 2.49. The molecule has 7 heteroatoms. The van der Waals surface area contributed by atoms with Crippen LogP contribution in [0.2, 0.25) is 0 Å². The summed E-state index contributed by atoms with van der Waals surface area (Å²) < 4.78 is 10.2. The fourth-order valence-corrected chi connectivity index (χ4v) is 2.33. The van der Waals surface area contributed by atoms with Crippen LogP contribution in [0.4, 0.5) is 0 Å². The van der Waals surface area contributed by atoms with Crippen molar-refractivity contribution in [2.45, 2.75) is 10.1 Å². The summed E-state index contributed by atoms with van der Waals surface area (Å²) in [6.07, 6.45) is 1.36. The molecule has 0 fully saturated rings. The molecule has 0 unspecified atom stereocenters. The Morgan fingerprint density at radius 1 is 1.15 bits per heavy atom. The van der Waals surface area contributed by atoms with Crippen molar-refractivity contribution in [2.24, 2.45) is 5.16 Å². The van der Waals surface area contributed by atoms with Gasteiger partial charge < -0.3 is 14.7 Å². The third-order valence-corrected chi connectivity index (χ3v) is 3.35. The number of methoxy groups -OCH3 is 2. The predicted octanol–water partition coefficient (Wildman–Crippen LogP) is 2.45. The minimum absolute atomic E-state index is 0.424. The minimum Gasteiger partial charge on any atom is -0.481 e. The molecule has 0 amide bonds. The summed E-state index contributed by atoms with van der Waals surface area (Å²) in [5, 5.41) is 12.2. The van der Waals surface area contributed by atoms with Gasteiger partial charge in [-0.1, -0.05) is 23.4 Å². The third-order valence-electron chi connectivity index (χ3n) is 2.39. The molecule has 0 aliphatic carbocycles. The van der Waals surface area contributed by atoms with Crippen LogP contribution in [0.1, 0.15) is 5.56 Å². The molecule has 0 spiro atoms. The molecule has 20 heavy (non-hydrogen) atoms. The second-order valence-corrected chi connectivity index (χ2v) is 4.63. The summed E-state index contributed by atoms with van der Waals surface area (Å²) >= 11 is 1.33. The zero-order chi connectivity index (χ0) is 14.4. The van der Waals surface area contributed by atoms with Gasteiger partial charge in [-0.2, -0.15) is 9.97 Å². The van der Waals surface area contributed by atoms with E-state index in [1.165, 1.54) is 32.2 Å². The van der Waals surface area contributed by atoms with E-state index in [2.05, 4.69) is 15.1 Å². The van der Waals surface area contributed by atoms with E-state index in [1.807, 2.05) is 24.3 Å². The van der Waals surface area contributed by atoms with Crippen molar-refractivity contribution in [3.05, 3.63) is 35.9 Å². The van der Waals surface area contributed by atoms with Gasteiger partial charge in [0.05, 0.1) is 26.5 Å². The Labute approximate surface area is 120 Å². The highest BCUT2D eigenvalue weighted by Gasteiger charge is 2.09. The number of ether oxygens (including phenoxy) is 2. The zero-order valence-corrected chi connectivity index (χ0v) is 11.8. The number of aromatic nitrogens is 2. The third kappa shape index (κ3) is 3.39. The molecular formula is C13H13N3O3S. The van der Waals surface area contributed by atoms with Crippen LogP contribution < -0.4 is 9.47 Å². The van der Waals surface area contributed by atoms with Crippen LogP contribution in [-0.2, 0) is 0 Å². The number of oxime groups is 1. The summed E-state index contributed by atoms with van der Waals surface area (Å²) in [6.45, 7) is 0. The van der Waals surface area contributed by atoms with Crippen molar-refractivity contribution >= 4 is 18.0 Å². The topological polar surface area (TPSA) is 76.8 Å². The Kier molecular flexibility index (Phi) is 4.78. The highest BCUT2D eigenvalue weighted by molar-refractivity contribution is 7.99. The van der Waals surface area contributed by atoms with E-state index >= 15 is 0 Å². The van der Waals surface area contributed by atoms with Gasteiger partial charge in [-0.3, -0.25) is 0 Å². The fraction of sp³-hybridized carbons (Fsp3) is 0.154. The van der Waals surface area contributed by atoms with Gasteiger partial charge in [0.25, 0.3) is 0 Å². The number of benzene rings is 1. The second kappa shape index (κ2) is 6.76. The van der Waals surface area contributed by atoms with Crippen molar-refractivity contribution in [3.63, 3.8) is 0 Å². The Bertz CT molecular complexity index is 597. The first kappa shape index (κ1) is 14.1. The number of rotatable bonds is 5. The molecule has 1 aromatic heterocycles. The molecule has 0 saturated heterocycles. The van der Waals surface area contributed by atoms with Gasteiger partial charge in [-0.05, 0) is 17.8 Å². The van der Waals surface area contributed by atoms with E-state index in [9.17, 15) is 0 Å². The average molecular weight is 291 g/mol. The number of nitrogens with zero attached hydrogens (tertiary/aromatic N) is 3. The Morgan fingerprint density at radius 3 is 2.40 bits per heavy atom. The van der Waals surface area contributed by atoms with E-state index in [4.69, 9.17) is 14.7 Å². The zero-order valence-electron chi connectivity index (χ0n) is 11.0. The van der Waals surface area contributed by atoms with Crippen LogP contribution in [0.3, 0.4) is 0 Å². The molecule has 1 aromatic carbocycles. The molecule has 2 aromatic rings. The highest BCUT2D eigenvalue weighted by Crippen LogP contribution is 2.29. The smallest absolute Gasteiger partial charge is 0.220 e. The van der Waals surface area contributed by atoms with Gasteiger partial charge in [-0.25, -0.2) is 0 Å². The monoisotopic (exact) mass is 291 g/mol. The van der Waals surface area contributed by atoms with Crippen LogP contribution in [0, 0.1) is 0 Å². The van der Waals surface area contributed by atoms with Crippen molar-refractivity contribution in [2.75, 3.05) is 14.2 Å². The molecule has 1 N–H and O–H groups in total. The summed E-state index contributed by atoms with van der Waals surface area (Å²) in [5.41, 5.74) is 0.769. The van der Waals surface area contributed by atoms with Gasteiger partial charge in [0.2, 0.25) is 11.8 Å². The van der Waals surface area contributed by atoms with E-state index in [1.54, 1.807) is 6.07 Å². The molecule has 0 aliphatic rings. The number of hydrogen-bond acceptors (Lipinski definition) is 7. The molecule has 1 heterocycles. The SMILES string of the molecule is COc1cc(OC)nc(Sc2ccccc2C=NO)n1. The quantitative estimate of drug-likeness (QED) is 0.394. The standard InChI is InChI=1S/C13H13N3O3S/c1-18-11-7-12(19-2)16-13(15-11)20-10-6-4-3-5-9(10)8-14-17/h3-8,17H,1-2H3. The lowest BCUT2D eigenvalue weighted by molar-refractivity contribution is 0.321. The molecular weight excluding hydrogens is 278 g/mol. The van der Waals surface area contributed by atoms with Crippen molar-refractivity contribution < 1.29 is 14.7 Å². The predicted molar refractivity (Wildman–Crippen MR) is 75.1 cm³/mol. The maximum Gasteiger partial charge on any atom is 0.220 e. The van der Waals surface area contributed by atoms with Crippen molar-refractivity contribution in [1.29, 1.82) is 0 Å². The van der Waals surface area contributed by atoms with Gasteiger partial charge in [0, 0.05) is 10.5 Å². The van der Waals surface area contributed by atoms with Crippen LogP contribution >= 0.6 is 11.8 Å². The molecule has 0 radical (unpaired) electrons. The minimum atomic E-state index is 0.424. The Morgan fingerprint density at radius 2 is 1.80 bits per heavy atom. The maximum atomic E-state index is 8.66. The molecule has 0 aliphatic heterocycles. The summed E-state index contributed by atoms with van der Waals surface area (Å²) in [5.74, 6) is 0.848. The first-order valence-corrected chi connectivity index (χ1v) is 6.50. The molecule has 6 nitrogen and oxygen atoms in total. The summed E-state index contributed by atoms with van der Waals surface area (Å²) in [6, 6.07) is 9.06. The molecule has 2 rings (SSSR count). The van der Waals surface area contributed by atoms with Crippen LogP contribution in [0.25, 0.3) is 0 Å². The molecule has 0 saturated carbocycles. The normalized spacial score (nSPS) is 10.7. The van der Waals surface area contributed by atoms with Crippen molar-refractivity contribution in [3.8, 4) is 11.8 Å². The fourth-order valence-electron chi connectivity index (χ4n) is 1.48. The maximum absolute atomic E-state index is 8.66. The van der Waals surface area contributed by atoms with Crippen LogP contribution in [0.15, 0.2) is 45.5 Å². The van der Waals surface area contributed by atoms with E-state index in [0.717, 1.165) is 10.5 Å². The number of hydrogen-bond donors (Lipinski definition) is 1. The van der Waals surface area contributed by atoms with Gasteiger partial charge in [-0.15, -0.1) is 0 Å². The van der Waals surface area contributed by atoms with Gasteiger partial charge >= 0.3 is 0 Å². The summed E-state index contributed by atoms with van der Waals surface area (Å²) in [7, 11) is 3.06. The van der Waals surface area contributed by atoms with E-state index < -0.39 is 0 Å². The van der Waals surface area contributed by atoms with Gasteiger partial charge in [0.15, 0.2) is 5.16 Å². The summed E-state index contributed by atoms with van der Waals surface area (Å²) in [4.78, 5) is 9.34. The molecule has 0 bridgehead atoms. The van der Waals surface area contributed by atoms with E-state index in [-0.39, 0.29) is 0 Å². The van der Waals surface area contributed by atoms with Gasteiger partial charge in [0.1, 0.15) is 0 Å². The van der Waals surface area contributed by atoms with Crippen LogP contribution in [0.5, 0.6) is 11.8 Å². The second-order valence-electron chi connectivity index (χ2n) is 3.62. The first-order chi connectivity index (χ1) is 9.76. The largest absolute Gasteiger partial charge is 0.481 e. The lowest BCUT2D eigenvalue weighted by atomic mass is 10.2. The van der Waals surface area contributed by atoms with Crippen LogP contribution in [-0.4, -0.2) is 35.6 Å². The Hall–Kier alpha value is -2.28. The first-order valence-electron chi connectivity index (χ1n) is 5.68. The molecule has 104 valence electrons. The lowest BCUT2D eigenvalue weighted by Gasteiger charge is -2.07.